The number of amides is 2. The smallest absolute Gasteiger partial charge is 0.282 e. The van der Waals surface area contributed by atoms with E-state index >= 15 is 0 Å². The number of likely N-dealkylation sites (N-methyl/N-ethyl adjacent to an activating group) is 1. The third-order valence-electron chi connectivity index (χ3n) is 5.35. The molecule has 3 aromatic rings. The molecule has 5 heteroatoms. The molecule has 1 aliphatic heterocycles. The largest absolute Gasteiger partial charge is 0.496 e. The molecule has 0 unspecified atom stereocenters. The van der Waals surface area contributed by atoms with Crippen LogP contribution in [-0.4, -0.2) is 25.5 Å². The molecule has 0 N–H and O–H groups in total. The minimum atomic E-state index is -0.357. The second-order valence-corrected chi connectivity index (χ2v) is 7.29. The number of nitrogens with zero attached hydrogens (tertiary/aromatic N) is 2. The fourth-order valence-electron chi connectivity index (χ4n) is 3.94. The number of imide groups is 1. The van der Waals surface area contributed by atoms with Gasteiger partial charge in [0.05, 0.1) is 18.4 Å². The Kier molecular flexibility index (Phi) is 5.58. The summed E-state index contributed by atoms with van der Waals surface area (Å²) in [7, 11) is 1.56. The van der Waals surface area contributed by atoms with Crippen molar-refractivity contribution in [3.8, 4) is 5.75 Å². The van der Waals surface area contributed by atoms with E-state index < -0.39 is 0 Å². The van der Waals surface area contributed by atoms with E-state index in [0.29, 0.717) is 34.8 Å². The van der Waals surface area contributed by atoms with Crippen LogP contribution in [0.4, 0.5) is 11.4 Å². The average molecular weight is 412 g/mol. The van der Waals surface area contributed by atoms with Gasteiger partial charge in [0.1, 0.15) is 11.4 Å². The Bertz CT molecular complexity index is 1170. The summed E-state index contributed by atoms with van der Waals surface area (Å²) in [6.07, 6.45) is 0. The van der Waals surface area contributed by atoms with Crippen molar-refractivity contribution in [2.75, 3.05) is 23.5 Å². The number of aryl methyl sites for hydroxylation is 1. The minimum Gasteiger partial charge on any atom is -0.496 e. The zero-order valence-corrected chi connectivity index (χ0v) is 17.8. The molecule has 0 fully saturated rings. The van der Waals surface area contributed by atoms with Gasteiger partial charge >= 0.3 is 0 Å². The highest BCUT2D eigenvalue weighted by Crippen LogP contribution is 2.39. The van der Waals surface area contributed by atoms with Crippen molar-refractivity contribution in [1.82, 2.24) is 0 Å². The highest BCUT2D eigenvalue weighted by Gasteiger charge is 2.43. The van der Waals surface area contributed by atoms with Gasteiger partial charge in [0.15, 0.2) is 0 Å². The third-order valence-corrected chi connectivity index (χ3v) is 5.35. The molecule has 0 atom stereocenters. The average Bonchev–Trinajstić information content (AvgIpc) is 3.05. The van der Waals surface area contributed by atoms with Crippen LogP contribution >= 0.6 is 0 Å². The van der Waals surface area contributed by atoms with Gasteiger partial charge in [0.2, 0.25) is 0 Å². The molecule has 3 aromatic carbocycles. The topological polar surface area (TPSA) is 49.9 Å². The highest BCUT2D eigenvalue weighted by molar-refractivity contribution is 6.46. The Morgan fingerprint density at radius 1 is 0.871 bits per heavy atom. The summed E-state index contributed by atoms with van der Waals surface area (Å²) in [4.78, 5) is 30.6. The van der Waals surface area contributed by atoms with Crippen LogP contribution in [0, 0.1) is 6.92 Å². The first-order valence-electron chi connectivity index (χ1n) is 10.2. The summed E-state index contributed by atoms with van der Waals surface area (Å²) in [5, 5.41) is 0. The summed E-state index contributed by atoms with van der Waals surface area (Å²) in [6.45, 7) is 4.43. The molecule has 0 bridgehead atoms. The standard InChI is InChI=1S/C26H24N2O3/c1-4-27(19-12-6-5-7-13-19)24-23(21-15-8-9-16-22(21)31-3)25(29)28(26(24)30)20-14-10-11-18(2)17-20/h5-17H,4H2,1-3H3. The van der Waals surface area contributed by atoms with E-state index in [1.165, 1.54) is 4.90 Å². The number of anilines is 2. The van der Waals surface area contributed by atoms with Crippen molar-refractivity contribution < 1.29 is 14.3 Å². The molecule has 2 amide bonds. The molecule has 31 heavy (non-hydrogen) atoms. The monoisotopic (exact) mass is 412 g/mol. The molecule has 0 spiro atoms. The molecule has 5 nitrogen and oxygen atoms in total. The van der Waals surface area contributed by atoms with E-state index in [9.17, 15) is 9.59 Å². The van der Waals surface area contributed by atoms with Gasteiger partial charge in [-0.3, -0.25) is 9.59 Å². The van der Waals surface area contributed by atoms with Crippen LogP contribution in [0.15, 0.2) is 84.6 Å². The predicted molar refractivity (Wildman–Crippen MR) is 123 cm³/mol. The lowest BCUT2D eigenvalue weighted by Crippen LogP contribution is -2.35. The Morgan fingerprint density at radius 3 is 2.26 bits per heavy atom. The van der Waals surface area contributed by atoms with Gasteiger partial charge < -0.3 is 9.64 Å². The van der Waals surface area contributed by atoms with E-state index in [2.05, 4.69) is 0 Å². The maximum Gasteiger partial charge on any atom is 0.282 e. The lowest BCUT2D eigenvalue weighted by molar-refractivity contribution is -0.120. The number of carbonyl (C=O) groups is 2. The lowest BCUT2D eigenvalue weighted by atomic mass is 10.0. The number of methoxy groups -OCH3 is 1. The number of hydrogen-bond donors (Lipinski definition) is 0. The molecule has 1 aliphatic rings. The van der Waals surface area contributed by atoms with Crippen LogP contribution in [0.25, 0.3) is 5.57 Å². The van der Waals surface area contributed by atoms with E-state index in [1.807, 2.05) is 85.5 Å². The van der Waals surface area contributed by atoms with Crippen molar-refractivity contribution in [1.29, 1.82) is 0 Å². The van der Waals surface area contributed by atoms with Crippen molar-refractivity contribution >= 4 is 28.8 Å². The van der Waals surface area contributed by atoms with Crippen molar-refractivity contribution in [3.05, 3.63) is 95.7 Å². The molecule has 0 saturated heterocycles. The van der Waals surface area contributed by atoms with Crippen LogP contribution in [0.2, 0.25) is 0 Å². The quantitative estimate of drug-likeness (QED) is 0.545. The van der Waals surface area contributed by atoms with Gasteiger partial charge in [-0.25, -0.2) is 4.90 Å². The SMILES string of the molecule is CCN(C1=C(c2ccccc2OC)C(=O)N(c2cccc(C)c2)C1=O)c1ccccc1. The number of benzene rings is 3. The first-order chi connectivity index (χ1) is 15.1. The van der Waals surface area contributed by atoms with Gasteiger partial charge in [-0.05, 0) is 49.7 Å². The van der Waals surface area contributed by atoms with Crippen LogP contribution in [0.1, 0.15) is 18.1 Å². The Balaban J connectivity index is 1.95. The third kappa shape index (κ3) is 3.59. The summed E-state index contributed by atoms with van der Waals surface area (Å²) >= 11 is 0. The fraction of sp³-hybridized carbons (Fsp3) is 0.154. The van der Waals surface area contributed by atoms with Crippen LogP contribution in [0.5, 0.6) is 5.75 Å². The van der Waals surface area contributed by atoms with Crippen LogP contribution in [0.3, 0.4) is 0 Å². The molecular weight excluding hydrogens is 388 g/mol. The normalized spacial score (nSPS) is 13.7. The zero-order chi connectivity index (χ0) is 22.0. The van der Waals surface area contributed by atoms with E-state index in [-0.39, 0.29) is 11.8 Å². The number of ether oxygens (including phenoxy) is 1. The minimum absolute atomic E-state index is 0.342. The second kappa shape index (κ2) is 8.48. The molecule has 0 saturated carbocycles. The summed E-state index contributed by atoms with van der Waals surface area (Å²) in [5.74, 6) is -0.155. The van der Waals surface area contributed by atoms with E-state index in [4.69, 9.17) is 4.74 Å². The molecule has 1 heterocycles. The Morgan fingerprint density at radius 2 is 1.58 bits per heavy atom. The lowest BCUT2D eigenvalue weighted by Gasteiger charge is -2.25. The highest BCUT2D eigenvalue weighted by atomic mass is 16.5. The van der Waals surface area contributed by atoms with Crippen molar-refractivity contribution in [2.24, 2.45) is 0 Å². The van der Waals surface area contributed by atoms with Crippen molar-refractivity contribution in [3.63, 3.8) is 0 Å². The number of hydrogen-bond acceptors (Lipinski definition) is 4. The molecule has 0 aromatic heterocycles. The molecule has 4 rings (SSSR count). The van der Waals surface area contributed by atoms with Gasteiger partial charge in [0.25, 0.3) is 11.8 Å². The number of rotatable bonds is 6. The van der Waals surface area contributed by atoms with Gasteiger partial charge in [-0.2, -0.15) is 0 Å². The maximum atomic E-state index is 13.7. The van der Waals surface area contributed by atoms with Crippen LogP contribution in [-0.2, 0) is 9.59 Å². The molecule has 156 valence electrons. The number of carbonyl (C=O) groups excluding carboxylic acids is 2. The van der Waals surface area contributed by atoms with Gasteiger partial charge in [-0.15, -0.1) is 0 Å². The Labute approximate surface area is 182 Å². The summed E-state index contributed by atoms with van der Waals surface area (Å²) in [6, 6.07) is 24.3. The van der Waals surface area contributed by atoms with Gasteiger partial charge in [0, 0.05) is 17.8 Å². The second-order valence-electron chi connectivity index (χ2n) is 7.29. The number of para-hydroxylation sites is 2. The van der Waals surface area contributed by atoms with E-state index in [0.717, 1.165) is 11.3 Å². The molecule has 0 aliphatic carbocycles. The first-order valence-corrected chi connectivity index (χ1v) is 10.2. The van der Waals surface area contributed by atoms with Gasteiger partial charge in [-0.1, -0.05) is 48.5 Å². The molecular formula is C26H24N2O3. The van der Waals surface area contributed by atoms with Crippen LogP contribution < -0.4 is 14.5 Å². The summed E-state index contributed by atoms with van der Waals surface area (Å²) < 4.78 is 5.53. The summed E-state index contributed by atoms with van der Waals surface area (Å²) in [5.41, 5.74) is 3.67. The van der Waals surface area contributed by atoms with E-state index in [1.54, 1.807) is 19.2 Å². The predicted octanol–water partition coefficient (Wildman–Crippen LogP) is 4.81. The fourth-order valence-corrected chi connectivity index (χ4v) is 3.94. The maximum absolute atomic E-state index is 13.7. The zero-order valence-electron chi connectivity index (χ0n) is 17.8. The van der Waals surface area contributed by atoms with Crippen molar-refractivity contribution in [2.45, 2.75) is 13.8 Å². The first kappa shape index (κ1) is 20.4. The Hall–Kier alpha value is -3.86. The molecule has 0 radical (unpaired) electrons.